The summed E-state index contributed by atoms with van der Waals surface area (Å²) in [6.45, 7) is 1.12. The van der Waals surface area contributed by atoms with Crippen molar-refractivity contribution in [2.75, 3.05) is 48.8 Å². The summed E-state index contributed by atoms with van der Waals surface area (Å²) in [6, 6.07) is 4.08. The lowest BCUT2D eigenvalue weighted by Gasteiger charge is -2.36. The van der Waals surface area contributed by atoms with Crippen LogP contribution in [0.5, 0.6) is 34.5 Å². The van der Waals surface area contributed by atoms with Gasteiger partial charge in [0.15, 0.2) is 23.0 Å². The molecule has 0 bridgehead atoms. The molecule has 0 aromatic heterocycles. The molecule has 7 nitrogen and oxygen atoms in total. The van der Waals surface area contributed by atoms with Crippen molar-refractivity contribution >= 4 is 15.9 Å². The van der Waals surface area contributed by atoms with E-state index in [1.165, 1.54) is 5.56 Å². The Balaban J connectivity index is 1.82. The van der Waals surface area contributed by atoms with Crippen LogP contribution < -0.4 is 28.4 Å². The molecule has 1 atom stereocenters. The zero-order valence-corrected chi connectivity index (χ0v) is 19.4. The minimum atomic E-state index is 0.0808. The Bertz CT molecular complexity index is 938. The van der Waals surface area contributed by atoms with Crippen LogP contribution in [0.3, 0.4) is 0 Å². The zero-order valence-electron chi connectivity index (χ0n) is 17.8. The largest absolute Gasteiger partial charge is 0.493 e. The van der Waals surface area contributed by atoms with Crippen LogP contribution in [0, 0.1) is 0 Å². The predicted molar refractivity (Wildman–Crippen MR) is 116 cm³/mol. The molecule has 8 heteroatoms. The first kappa shape index (κ1) is 20.9. The van der Waals surface area contributed by atoms with Crippen molar-refractivity contribution in [3.8, 4) is 34.5 Å². The predicted octanol–water partition coefficient (Wildman–Crippen LogP) is 3.98. The molecule has 0 fully saturated rings. The van der Waals surface area contributed by atoms with Crippen molar-refractivity contribution in [3.63, 3.8) is 0 Å². The average Bonchev–Trinajstić information content (AvgIpc) is 3.25. The van der Waals surface area contributed by atoms with Crippen LogP contribution in [0.15, 0.2) is 16.6 Å². The molecule has 0 spiro atoms. The number of rotatable bonds is 6. The lowest BCUT2D eigenvalue weighted by molar-refractivity contribution is 0.170. The van der Waals surface area contributed by atoms with E-state index in [1.807, 2.05) is 12.1 Å². The SMILES string of the molecule is COc1cc(CC2c3c(c(Br)c4c(c3OC)OCO4)CCN2C)cc(OC)c1OC. The van der Waals surface area contributed by atoms with Crippen molar-refractivity contribution in [1.82, 2.24) is 4.90 Å². The summed E-state index contributed by atoms with van der Waals surface area (Å²) in [4.78, 5) is 2.34. The van der Waals surface area contributed by atoms with E-state index >= 15 is 0 Å². The van der Waals surface area contributed by atoms with E-state index in [1.54, 1.807) is 28.4 Å². The van der Waals surface area contributed by atoms with Crippen LogP contribution in [0.4, 0.5) is 0 Å². The van der Waals surface area contributed by atoms with Gasteiger partial charge in [-0.1, -0.05) is 0 Å². The third-order valence-corrected chi connectivity index (χ3v) is 6.63. The maximum atomic E-state index is 5.83. The third-order valence-electron chi connectivity index (χ3n) is 5.79. The molecule has 0 N–H and O–H groups in total. The minimum absolute atomic E-state index is 0.0808. The fraction of sp³-hybridized carbons (Fsp3) is 0.455. The van der Waals surface area contributed by atoms with E-state index in [2.05, 4.69) is 27.9 Å². The van der Waals surface area contributed by atoms with E-state index in [9.17, 15) is 0 Å². The molecule has 0 amide bonds. The highest BCUT2D eigenvalue weighted by Gasteiger charge is 2.37. The normalized spacial score (nSPS) is 17.5. The summed E-state index contributed by atoms with van der Waals surface area (Å²) < 4.78 is 34.8. The number of methoxy groups -OCH3 is 4. The fourth-order valence-corrected chi connectivity index (χ4v) is 5.03. The number of fused-ring (bicyclic) bond motifs is 2. The van der Waals surface area contributed by atoms with E-state index in [-0.39, 0.29) is 12.8 Å². The molecule has 30 heavy (non-hydrogen) atoms. The second-order valence-corrected chi connectivity index (χ2v) is 8.08. The Morgan fingerprint density at radius 2 is 1.60 bits per heavy atom. The van der Waals surface area contributed by atoms with Gasteiger partial charge in [-0.3, -0.25) is 4.90 Å². The Labute approximate surface area is 184 Å². The first-order chi connectivity index (χ1) is 14.5. The van der Waals surface area contributed by atoms with Crippen molar-refractivity contribution in [3.05, 3.63) is 33.3 Å². The Morgan fingerprint density at radius 1 is 0.967 bits per heavy atom. The van der Waals surface area contributed by atoms with Crippen molar-refractivity contribution in [2.45, 2.75) is 18.9 Å². The Kier molecular flexibility index (Phi) is 5.88. The molecule has 1 unspecified atom stereocenters. The number of ether oxygens (including phenoxy) is 6. The van der Waals surface area contributed by atoms with Crippen LogP contribution in [0.25, 0.3) is 0 Å². The number of benzene rings is 2. The van der Waals surface area contributed by atoms with Gasteiger partial charge in [-0.2, -0.15) is 0 Å². The van der Waals surface area contributed by atoms with Gasteiger partial charge >= 0.3 is 0 Å². The van der Waals surface area contributed by atoms with E-state index in [4.69, 9.17) is 28.4 Å². The Hall–Kier alpha value is -2.32. The smallest absolute Gasteiger partial charge is 0.231 e. The molecule has 0 aliphatic carbocycles. The third kappa shape index (κ3) is 3.32. The molecule has 2 aliphatic rings. The van der Waals surface area contributed by atoms with Gasteiger partial charge in [0.05, 0.1) is 32.9 Å². The van der Waals surface area contributed by atoms with Gasteiger partial charge < -0.3 is 28.4 Å². The van der Waals surface area contributed by atoms with Crippen LogP contribution in [-0.2, 0) is 12.8 Å². The topological polar surface area (TPSA) is 58.6 Å². The average molecular weight is 480 g/mol. The molecule has 0 radical (unpaired) electrons. The van der Waals surface area contributed by atoms with Crippen molar-refractivity contribution in [2.24, 2.45) is 0 Å². The first-order valence-electron chi connectivity index (χ1n) is 9.70. The van der Waals surface area contributed by atoms with Gasteiger partial charge in [-0.25, -0.2) is 0 Å². The molecule has 4 rings (SSSR count). The highest BCUT2D eigenvalue weighted by atomic mass is 79.9. The molecule has 162 valence electrons. The number of hydrogen-bond acceptors (Lipinski definition) is 7. The van der Waals surface area contributed by atoms with Crippen LogP contribution in [-0.4, -0.2) is 53.7 Å². The molecule has 2 aliphatic heterocycles. The highest BCUT2D eigenvalue weighted by Crippen LogP contribution is 2.54. The molecule has 0 saturated heterocycles. The van der Waals surface area contributed by atoms with Gasteiger partial charge in [-0.15, -0.1) is 0 Å². The molecule has 2 aromatic carbocycles. The van der Waals surface area contributed by atoms with E-state index in [0.717, 1.165) is 46.5 Å². The van der Waals surface area contributed by atoms with Crippen LogP contribution >= 0.6 is 15.9 Å². The summed E-state index contributed by atoms with van der Waals surface area (Å²) in [5.41, 5.74) is 3.40. The highest BCUT2D eigenvalue weighted by molar-refractivity contribution is 9.10. The quantitative estimate of drug-likeness (QED) is 0.620. The molecule has 2 heterocycles. The van der Waals surface area contributed by atoms with E-state index < -0.39 is 0 Å². The van der Waals surface area contributed by atoms with Gasteiger partial charge in [-0.05, 0) is 59.1 Å². The van der Waals surface area contributed by atoms with Crippen LogP contribution in [0.1, 0.15) is 22.7 Å². The minimum Gasteiger partial charge on any atom is -0.493 e. The standard InChI is InChI=1S/C22H26BrNO6/c1-24-7-6-13-17(20(28-5)22-21(18(13)23)29-11-30-22)14(24)8-12-9-15(25-2)19(27-4)16(10-12)26-3/h9-10,14H,6-8,11H2,1-5H3. The van der Waals surface area contributed by atoms with Gasteiger partial charge in [0.2, 0.25) is 18.3 Å². The zero-order chi connectivity index (χ0) is 21.4. The Morgan fingerprint density at radius 3 is 2.20 bits per heavy atom. The lowest BCUT2D eigenvalue weighted by atomic mass is 9.87. The summed E-state index contributed by atoms with van der Waals surface area (Å²) in [6.07, 6.45) is 1.63. The lowest BCUT2D eigenvalue weighted by Crippen LogP contribution is -2.34. The monoisotopic (exact) mass is 479 g/mol. The summed E-state index contributed by atoms with van der Waals surface area (Å²) in [5, 5.41) is 0. The van der Waals surface area contributed by atoms with Gasteiger partial charge in [0.1, 0.15) is 0 Å². The fourth-order valence-electron chi connectivity index (χ4n) is 4.32. The molecular formula is C22H26BrNO6. The van der Waals surface area contributed by atoms with Crippen molar-refractivity contribution < 1.29 is 28.4 Å². The second kappa shape index (κ2) is 8.43. The maximum absolute atomic E-state index is 5.83. The van der Waals surface area contributed by atoms with Crippen molar-refractivity contribution in [1.29, 1.82) is 0 Å². The number of likely N-dealkylation sites (N-methyl/N-ethyl adjacent to an activating group) is 1. The number of nitrogens with zero attached hydrogens (tertiary/aromatic N) is 1. The molecule has 2 aromatic rings. The molecular weight excluding hydrogens is 454 g/mol. The second-order valence-electron chi connectivity index (χ2n) is 7.29. The summed E-state index contributed by atoms with van der Waals surface area (Å²) >= 11 is 3.74. The molecule has 0 saturated carbocycles. The van der Waals surface area contributed by atoms with Gasteiger partial charge in [0.25, 0.3) is 0 Å². The maximum Gasteiger partial charge on any atom is 0.231 e. The number of halogens is 1. The van der Waals surface area contributed by atoms with Gasteiger partial charge in [0, 0.05) is 18.2 Å². The summed E-state index contributed by atoms with van der Waals surface area (Å²) in [5.74, 6) is 4.00. The van der Waals surface area contributed by atoms with E-state index in [0.29, 0.717) is 23.0 Å². The summed E-state index contributed by atoms with van der Waals surface area (Å²) in [7, 11) is 8.67. The first-order valence-corrected chi connectivity index (χ1v) is 10.5. The number of hydrogen-bond donors (Lipinski definition) is 0. The van der Waals surface area contributed by atoms with Crippen LogP contribution in [0.2, 0.25) is 0 Å².